The first-order valence-electron chi connectivity index (χ1n) is 10.1. The van der Waals surface area contributed by atoms with Crippen LogP contribution >= 0.6 is 11.8 Å². The van der Waals surface area contributed by atoms with Gasteiger partial charge >= 0.3 is 12.4 Å². The van der Waals surface area contributed by atoms with Crippen LogP contribution in [0.2, 0.25) is 0 Å². The Morgan fingerprint density at radius 1 is 1.03 bits per heavy atom. The maximum Gasteiger partial charge on any atom is 0.418 e. The van der Waals surface area contributed by atoms with Crippen molar-refractivity contribution in [1.29, 1.82) is 0 Å². The standard InChI is InChI=1S/C21H19F6N3O4S2/c22-20(23,24)18-13(5-7-17(31)30-8-10-34-11-9-30)4-6-16(19(18)21(25,26)27)35-15-3-1-2-14(12-15)29-36(28,32)33/h1-7,12,29H,8-11H2,(H2,28,32,33)/b7-5+. The number of amides is 1. The van der Waals surface area contributed by atoms with E-state index in [9.17, 15) is 39.6 Å². The second-order valence-corrected chi connectivity index (χ2v) is 9.86. The van der Waals surface area contributed by atoms with Gasteiger partial charge in [-0.1, -0.05) is 23.9 Å². The van der Waals surface area contributed by atoms with Crippen LogP contribution in [0.25, 0.3) is 6.08 Å². The van der Waals surface area contributed by atoms with Gasteiger partial charge in [-0.25, -0.2) is 5.14 Å². The van der Waals surface area contributed by atoms with E-state index < -0.39 is 50.1 Å². The first kappa shape index (κ1) is 27.8. The summed E-state index contributed by atoms with van der Waals surface area (Å²) in [6.45, 7) is 0.896. The lowest BCUT2D eigenvalue weighted by atomic mass is 9.99. The molecule has 15 heteroatoms. The lowest BCUT2D eigenvalue weighted by Crippen LogP contribution is -2.39. The molecule has 0 atom stereocenters. The largest absolute Gasteiger partial charge is 0.418 e. The number of hydrogen-bond acceptors (Lipinski definition) is 5. The van der Waals surface area contributed by atoms with Gasteiger partial charge < -0.3 is 9.64 Å². The Labute approximate surface area is 206 Å². The Morgan fingerprint density at radius 3 is 2.25 bits per heavy atom. The van der Waals surface area contributed by atoms with Crippen LogP contribution in [0.4, 0.5) is 32.0 Å². The van der Waals surface area contributed by atoms with Gasteiger partial charge in [-0.3, -0.25) is 9.52 Å². The van der Waals surface area contributed by atoms with Gasteiger partial charge in [-0.15, -0.1) is 0 Å². The van der Waals surface area contributed by atoms with Crippen LogP contribution in [0.1, 0.15) is 16.7 Å². The number of alkyl halides is 6. The summed E-state index contributed by atoms with van der Waals surface area (Å²) in [5.41, 5.74) is -4.78. The number of ether oxygens (including phenoxy) is 1. The van der Waals surface area contributed by atoms with Gasteiger partial charge in [0.1, 0.15) is 0 Å². The SMILES string of the molecule is NS(=O)(=O)Nc1cccc(Sc2ccc(/C=C/C(=O)N3CCOCC3)c(C(F)(F)F)c2C(F)(F)F)c1. The smallest absolute Gasteiger partial charge is 0.378 e. The molecule has 0 bridgehead atoms. The van der Waals surface area contributed by atoms with Gasteiger partial charge in [0.05, 0.1) is 30.0 Å². The molecule has 3 N–H and O–H groups in total. The minimum atomic E-state index is -5.40. The number of nitrogens with one attached hydrogen (secondary N) is 1. The highest BCUT2D eigenvalue weighted by molar-refractivity contribution is 7.99. The van der Waals surface area contributed by atoms with Crippen LogP contribution < -0.4 is 9.86 Å². The second-order valence-electron chi connectivity index (χ2n) is 7.45. The fourth-order valence-corrected chi connectivity index (χ4v) is 4.87. The number of carbonyl (C=O) groups is 1. The Hall–Kier alpha value is -2.75. The molecular weight excluding hydrogens is 536 g/mol. The van der Waals surface area contributed by atoms with Crippen molar-refractivity contribution < 1.29 is 44.3 Å². The second kappa shape index (κ2) is 10.7. The highest BCUT2D eigenvalue weighted by atomic mass is 32.2. The van der Waals surface area contributed by atoms with E-state index in [2.05, 4.69) is 0 Å². The molecule has 3 rings (SSSR count). The summed E-state index contributed by atoms with van der Waals surface area (Å²) in [5, 5.41) is 4.87. The molecule has 0 saturated carbocycles. The van der Waals surface area contributed by atoms with Crippen LogP contribution in [0, 0.1) is 0 Å². The number of carbonyl (C=O) groups excluding carboxylic acids is 1. The number of morpholine rings is 1. The fourth-order valence-electron chi connectivity index (χ4n) is 3.37. The van der Waals surface area contributed by atoms with Crippen LogP contribution in [0.3, 0.4) is 0 Å². The van der Waals surface area contributed by atoms with Crippen molar-refractivity contribution in [2.75, 3.05) is 31.0 Å². The fraction of sp³-hybridized carbons (Fsp3) is 0.286. The topological polar surface area (TPSA) is 102 Å². The molecule has 1 amide bonds. The first-order chi connectivity index (χ1) is 16.6. The highest BCUT2D eigenvalue weighted by Gasteiger charge is 2.46. The summed E-state index contributed by atoms with van der Waals surface area (Å²) in [7, 11) is -4.19. The van der Waals surface area contributed by atoms with Gasteiger partial charge in [0, 0.05) is 29.0 Å². The summed E-state index contributed by atoms with van der Waals surface area (Å²) in [4.78, 5) is 12.8. The van der Waals surface area contributed by atoms with Gasteiger partial charge in [0.25, 0.3) is 10.2 Å². The molecule has 0 radical (unpaired) electrons. The zero-order valence-electron chi connectivity index (χ0n) is 18.2. The molecule has 196 valence electrons. The minimum absolute atomic E-state index is 0.0214. The number of benzene rings is 2. The summed E-state index contributed by atoms with van der Waals surface area (Å²) in [5.74, 6) is -0.655. The molecule has 1 heterocycles. The monoisotopic (exact) mass is 555 g/mol. The maximum atomic E-state index is 14.0. The van der Waals surface area contributed by atoms with Crippen molar-refractivity contribution in [2.24, 2.45) is 5.14 Å². The van der Waals surface area contributed by atoms with E-state index >= 15 is 0 Å². The molecule has 0 spiro atoms. The van der Waals surface area contributed by atoms with E-state index in [4.69, 9.17) is 9.88 Å². The van der Waals surface area contributed by atoms with Gasteiger partial charge in [0.2, 0.25) is 5.91 Å². The predicted octanol–water partition coefficient (Wildman–Crippen LogP) is 4.36. The van der Waals surface area contributed by atoms with E-state index in [-0.39, 0.29) is 36.9 Å². The number of hydrogen-bond donors (Lipinski definition) is 2. The molecule has 0 unspecified atom stereocenters. The van der Waals surface area contributed by atoms with Gasteiger partial charge in [0.15, 0.2) is 0 Å². The summed E-state index contributed by atoms with van der Waals surface area (Å²) < 4.78 is 113. The van der Waals surface area contributed by atoms with Gasteiger partial charge in [-0.2, -0.15) is 34.8 Å². The minimum Gasteiger partial charge on any atom is -0.378 e. The van der Waals surface area contributed by atoms with E-state index in [1.54, 1.807) is 0 Å². The van der Waals surface area contributed by atoms with Crippen molar-refractivity contribution in [3.05, 3.63) is 59.2 Å². The number of anilines is 1. The third kappa shape index (κ3) is 7.38. The zero-order valence-corrected chi connectivity index (χ0v) is 19.8. The Kier molecular flexibility index (Phi) is 8.27. The van der Waals surface area contributed by atoms with Crippen LogP contribution in [-0.2, 0) is 32.1 Å². The molecule has 1 saturated heterocycles. The Morgan fingerprint density at radius 2 is 1.67 bits per heavy atom. The molecule has 2 aromatic rings. The molecule has 1 aliphatic rings. The third-order valence-electron chi connectivity index (χ3n) is 4.82. The van der Waals surface area contributed by atoms with Crippen molar-refractivity contribution in [3.8, 4) is 0 Å². The van der Waals surface area contributed by atoms with Crippen molar-refractivity contribution in [1.82, 2.24) is 4.90 Å². The molecule has 0 aromatic heterocycles. The lowest BCUT2D eigenvalue weighted by Gasteiger charge is -2.25. The molecular formula is C21H19F6N3O4S2. The van der Waals surface area contributed by atoms with Crippen molar-refractivity contribution >= 4 is 39.6 Å². The quantitative estimate of drug-likeness (QED) is 0.408. The molecule has 1 aliphatic heterocycles. The average Bonchev–Trinajstić information content (AvgIpc) is 2.76. The zero-order chi connectivity index (χ0) is 26.7. The summed E-state index contributed by atoms with van der Waals surface area (Å²) >= 11 is 0.359. The van der Waals surface area contributed by atoms with E-state index in [1.807, 2.05) is 4.72 Å². The van der Waals surface area contributed by atoms with Crippen LogP contribution in [-0.4, -0.2) is 45.5 Å². The maximum absolute atomic E-state index is 14.0. The summed E-state index contributed by atoms with van der Waals surface area (Å²) in [6, 6.07) is 6.68. The van der Waals surface area contributed by atoms with Crippen LogP contribution in [0.15, 0.2) is 52.3 Å². The van der Waals surface area contributed by atoms with E-state index in [0.29, 0.717) is 17.8 Å². The molecule has 1 fully saturated rings. The van der Waals surface area contributed by atoms with Crippen molar-refractivity contribution in [2.45, 2.75) is 22.1 Å². The van der Waals surface area contributed by atoms with Crippen LogP contribution in [0.5, 0.6) is 0 Å². The molecule has 2 aromatic carbocycles. The number of rotatable bonds is 6. The average molecular weight is 556 g/mol. The molecule has 36 heavy (non-hydrogen) atoms. The van der Waals surface area contributed by atoms with Crippen molar-refractivity contribution in [3.63, 3.8) is 0 Å². The number of nitrogens with zero attached hydrogens (tertiary/aromatic N) is 1. The van der Waals surface area contributed by atoms with E-state index in [1.165, 1.54) is 23.1 Å². The molecule has 7 nitrogen and oxygen atoms in total. The van der Waals surface area contributed by atoms with E-state index in [0.717, 1.165) is 24.3 Å². The Balaban J connectivity index is 2.05. The van der Waals surface area contributed by atoms with Gasteiger partial charge in [-0.05, 0) is 35.9 Å². The third-order valence-corrected chi connectivity index (χ3v) is 6.39. The number of halogens is 6. The molecule has 0 aliphatic carbocycles. The first-order valence-corrected chi connectivity index (χ1v) is 12.5. The lowest BCUT2D eigenvalue weighted by molar-refractivity contribution is -0.163. The number of nitrogens with two attached hydrogens (primary N) is 1. The normalized spacial score (nSPS) is 15.4. The predicted molar refractivity (Wildman–Crippen MR) is 120 cm³/mol. The highest BCUT2D eigenvalue weighted by Crippen LogP contribution is 2.48. The Bertz CT molecular complexity index is 1260. The summed E-state index contributed by atoms with van der Waals surface area (Å²) in [6.07, 6.45) is -9.30.